The van der Waals surface area contributed by atoms with Crippen LogP contribution < -0.4 is 5.32 Å². The molecule has 1 aromatic carbocycles. The van der Waals surface area contributed by atoms with Crippen LogP contribution in [0.3, 0.4) is 0 Å². The van der Waals surface area contributed by atoms with Crippen molar-refractivity contribution in [1.82, 2.24) is 4.90 Å². The molecular formula is C15H19IN2O3. The van der Waals surface area contributed by atoms with Crippen LogP contribution in [0.2, 0.25) is 0 Å². The van der Waals surface area contributed by atoms with Gasteiger partial charge in [-0.15, -0.1) is 0 Å². The Morgan fingerprint density at radius 3 is 2.76 bits per heavy atom. The van der Waals surface area contributed by atoms with E-state index in [1.165, 1.54) is 0 Å². The highest BCUT2D eigenvalue weighted by Crippen LogP contribution is 2.24. The smallest absolute Gasteiger partial charge is 0.308 e. The van der Waals surface area contributed by atoms with Crippen molar-refractivity contribution in [2.75, 3.05) is 18.4 Å². The van der Waals surface area contributed by atoms with E-state index >= 15 is 0 Å². The van der Waals surface area contributed by atoms with Crippen LogP contribution >= 0.6 is 22.6 Å². The van der Waals surface area contributed by atoms with Crippen molar-refractivity contribution in [3.05, 3.63) is 27.3 Å². The molecule has 1 heterocycles. The maximum Gasteiger partial charge on any atom is 0.308 e. The number of nitrogens with zero attached hydrogens (tertiary/aromatic N) is 1. The fourth-order valence-electron chi connectivity index (χ4n) is 2.70. The molecule has 1 fully saturated rings. The zero-order valence-corrected chi connectivity index (χ0v) is 14.3. The Bertz CT molecular complexity index is 562. The number of likely N-dealkylation sites (tertiary alicyclic amines) is 1. The van der Waals surface area contributed by atoms with Gasteiger partial charge in [0.1, 0.15) is 0 Å². The van der Waals surface area contributed by atoms with E-state index in [0.29, 0.717) is 13.0 Å². The monoisotopic (exact) mass is 402 g/mol. The van der Waals surface area contributed by atoms with Crippen molar-refractivity contribution in [3.63, 3.8) is 0 Å². The number of rotatable bonds is 4. The lowest BCUT2D eigenvalue weighted by Gasteiger charge is -2.22. The molecule has 2 rings (SSSR count). The van der Waals surface area contributed by atoms with E-state index in [0.717, 1.165) is 14.8 Å². The number of nitrogens with one attached hydrogen (secondary N) is 1. The first-order valence-electron chi connectivity index (χ1n) is 6.91. The summed E-state index contributed by atoms with van der Waals surface area (Å²) < 4.78 is 1.13. The number of carbonyl (C=O) groups is 2. The van der Waals surface area contributed by atoms with E-state index in [2.05, 4.69) is 27.9 Å². The molecule has 1 aromatic rings. The number of amides is 1. The molecule has 6 heteroatoms. The Hall–Kier alpha value is -1.15. The molecule has 0 aromatic heterocycles. The second-order valence-electron chi connectivity index (χ2n) is 5.45. The first-order valence-corrected chi connectivity index (χ1v) is 7.99. The maximum atomic E-state index is 12.1. The normalized spacial score (nSPS) is 22.2. The summed E-state index contributed by atoms with van der Waals surface area (Å²) in [5.74, 6) is -1.26. The summed E-state index contributed by atoms with van der Waals surface area (Å²) in [6.07, 6.45) is 0.604. The number of anilines is 1. The van der Waals surface area contributed by atoms with E-state index < -0.39 is 5.97 Å². The van der Waals surface area contributed by atoms with Gasteiger partial charge >= 0.3 is 5.97 Å². The van der Waals surface area contributed by atoms with Gasteiger partial charge in [0.25, 0.3) is 0 Å². The number of benzene rings is 1. The molecule has 5 nitrogen and oxygen atoms in total. The molecule has 2 unspecified atom stereocenters. The Morgan fingerprint density at radius 1 is 1.48 bits per heavy atom. The van der Waals surface area contributed by atoms with Crippen LogP contribution in [0.25, 0.3) is 0 Å². The highest BCUT2D eigenvalue weighted by molar-refractivity contribution is 14.1. The number of carbonyl (C=O) groups excluding carboxylic acids is 1. The molecule has 21 heavy (non-hydrogen) atoms. The van der Waals surface area contributed by atoms with Crippen molar-refractivity contribution < 1.29 is 14.7 Å². The largest absolute Gasteiger partial charge is 0.481 e. The Balaban J connectivity index is 1.95. The quantitative estimate of drug-likeness (QED) is 0.759. The zero-order chi connectivity index (χ0) is 15.6. The number of carboxylic acid groups (broad SMARTS) is 1. The number of hydrogen-bond donors (Lipinski definition) is 2. The topological polar surface area (TPSA) is 69.6 Å². The molecule has 0 saturated carbocycles. The van der Waals surface area contributed by atoms with Crippen molar-refractivity contribution in [3.8, 4) is 0 Å². The standard InChI is InChI=1S/C15H19IN2O3/c1-9-7-11(16)3-4-13(9)17-14(19)8-18-6-5-12(10(18)2)15(20)21/h3-4,7,10,12H,5-6,8H2,1-2H3,(H,17,19)(H,20,21). The third-order valence-corrected chi connectivity index (χ3v) is 4.68. The second kappa shape index (κ2) is 6.74. The number of aliphatic carboxylic acids is 1. The van der Waals surface area contributed by atoms with Gasteiger partial charge in [-0.3, -0.25) is 14.5 Å². The van der Waals surface area contributed by atoms with Gasteiger partial charge in [-0.05, 0) is 73.2 Å². The van der Waals surface area contributed by atoms with Crippen molar-refractivity contribution in [2.24, 2.45) is 5.92 Å². The second-order valence-corrected chi connectivity index (χ2v) is 6.70. The average molecular weight is 402 g/mol. The number of aryl methyl sites for hydroxylation is 1. The fraction of sp³-hybridized carbons (Fsp3) is 0.467. The number of carboxylic acids is 1. The molecule has 0 spiro atoms. The van der Waals surface area contributed by atoms with Crippen molar-refractivity contribution >= 4 is 40.2 Å². The van der Waals surface area contributed by atoms with Crippen molar-refractivity contribution in [2.45, 2.75) is 26.3 Å². The van der Waals surface area contributed by atoms with Gasteiger partial charge in [0.15, 0.2) is 0 Å². The summed E-state index contributed by atoms with van der Waals surface area (Å²) in [5, 5.41) is 12.0. The Kier molecular flexibility index (Phi) is 5.21. The van der Waals surface area contributed by atoms with Crippen LogP contribution in [0, 0.1) is 16.4 Å². The molecule has 2 N–H and O–H groups in total. The minimum Gasteiger partial charge on any atom is -0.481 e. The summed E-state index contributed by atoms with van der Waals surface area (Å²) in [6.45, 7) is 4.71. The predicted molar refractivity (Wildman–Crippen MR) is 89.3 cm³/mol. The molecule has 0 radical (unpaired) electrons. The highest BCUT2D eigenvalue weighted by atomic mass is 127. The summed E-state index contributed by atoms with van der Waals surface area (Å²) in [7, 11) is 0. The number of hydrogen-bond acceptors (Lipinski definition) is 3. The average Bonchev–Trinajstić information content (AvgIpc) is 2.74. The maximum absolute atomic E-state index is 12.1. The molecule has 1 aliphatic rings. The molecule has 1 saturated heterocycles. The first kappa shape index (κ1) is 16.2. The van der Waals surface area contributed by atoms with E-state index in [4.69, 9.17) is 5.11 Å². The minimum absolute atomic E-state index is 0.0998. The van der Waals surface area contributed by atoms with E-state index in [9.17, 15) is 9.59 Å². The van der Waals surface area contributed by atoms with Crippen LogP contribution in [-0.2, 0) is 9.59 Å². The lowest BCUT2D eigenvalue weighted by atomic mass is 10.0. The first-order chi connectivity index (χ1) is 9.88. The molecule has 1 aliphatic heterocycles. The molecule has 0 aliphatic carbocycles. The van der Waals surface area contributed by atoms with Gasteiger partial charge in [-0.25, -0.2) is 0 Å². The van der Waals surface area contributed by atoms with Crippen LogP contribution in [-0.4, -0.2) is 41.0 Å². The molecule has 1 amide bonds. The van der Waals surface area contributed by atoms with Gasteiger partial charge < -0.3 is 10.4 Å². The van der Waals surface area contributed by atoms with Gasteiger partial charge in [0, 0.05) is 15.3 Å². The highest BCUT2D eigenvalue weighted by Gasteiger charge is 2.36. The third-order valence-electron chi connectivity index (χ3n) is 4.01. The van der Waals surface area contributed by atoms with Crippen LogP contribution in [0.5, 0.6) is 0 Å². The van der Waals surface area contributed by atoms with Crippen LogP contribution in [0.1, 0.15) is 18.9 Å². The van der Waals surface area contributed by atoms with E-state index in [1.54, 1.807) is 0 Å². The van der Waals surface area contributed by atoms with E-state index in [-0.39, 0.29) is 24.4 Å². The lowest BCUT2D eigenvalue weighted by Crippen LogP contribution is -2.38. The number of halogens is 1. The Morgan fingerprint density at radius 2 is 2.19 bits per heavy atom. The zero-order valence-electron chi connectivity index (χ0n) is 12.1. The summed E-state index contributed by atoms with van der Waals surface area (Å²) in [5.41, 5.74) is 1.83. The third kappa shape index (κ3) is 3.94. The fourth-order valence-corrected chi connectivity index (χ4v) is 3.35. The van der Waals surface area contributed by atoms with Crippen LogP contribution in [0.15, 0.2) is 18.2 Å². The van der Waals surface area contributed by atoms with Gasteiger partial charge in [-0.2, -0.15) is 0 Å². The van der Waals surface area contributed by atoms with Gasteiger partial charge in [-0.1, -0.05) is 0 Å². The molecule has 2 atom stereocenters. The molecule has 0 bridgehead atoms. The predicted octanol–water partition coefficient (Wildman–Crippen LogP) is 2.33. The van der Waals surface area contributed by atoms with Gasteiger partial charge in [0.2, 0.25) is 5.91 Å². The van der Waals surface area contributed by atoms with Crippen LogP contribution in [0.4, 0.5) is 5.69 Å². The SMILES string of the molecule is Cc1cc(I)ccc1NC(=O)CN1CCC(C(=O)O)C1C. The summed E-state index contributed by atoms with van der Waals surface area (Å²) in [6, 6.07) is 5.74. The molecular weight excluding hydrogens is 383 g/mol. The van der Waals surface area contributed by atoms with E-state index in [1.807, 2.05) is 36.9 Å². The molecule has 114 valence electrons. The summed E-state index contributed by atoms with van der Waals surface area (Å²) >= 11 is 2.23. The summed E-state index contributed by atoms with van der Waals surface area (Å²) in [4.78, 5) is 25.1. The Labute approximate surface area is 137 Å². The van der Waals surface area contributed by atoms with Crippen molar-refractivity contribution in [1.29, 1.82) is 0 Å². The lowest BCUT2D eigenvalue weighted by molar-refractivity contribution is -0.142. The minimum atomic E-state index is -0.779. The van der Waals surface area contributed by atoms with Gasteiger partial charge in [0.05, 0.1) is 12.5 Å².